The molecule has 2 aliphatic rings. The zero-order valence-corrected chi connectivity index (χ0v) is 7.84. The molecule has 2 unspecified atom stereocenters. The van der Waals surface area contributed by atoms with Crippen LogP contribution in [0.3, 0.4) is 0 Å². The quantitative estimate of drug-likeness (QED) is 0.535. The maximum absolute atomic E-state index is 5.81. The van der Waals surface area contributed by atoms with E-state index >= 15 is 0 Å². The highest BCUT2D eigenvalue weighted by Gasteiger charge is 2.35. The standard InChI is InChI=1S/C11H16O/c1-9-5-6-10-4-3-7-12-11(10,2)8-9/h5-6,8,10H,3-4,7H2,1-2H3. The summed E-state index contributed by atoms with van der Waals surface area (Å²) in [5.74, 6) is 0.606. The van der Waals surface area contributed by atoms with Crippen molar-refractivity contribution in [1.29, 1.82) is 0 Å². The maximum atomic E-state index is 5.81. The molecule has 1 aliphatic heterocycles. The van der Waals surface area contributed by atoms with Crippen molar-refractivity contribution in [2.75, 3.05) is 6.61 Å². The van der Waals surface area contributed by atoms with E-state index in [0.717, 1.165) is 6.61 Å². The highest BCUT2D eigenvalue weighted by molar-refractivity contribution is 5.29. The molecule has 1 saturated heterocycles. The molecule has 0 aromatic carbocycles. The Morgan fingerprint density at radius 2 is 2.42 bits per heavy atom. The summed E-state index contributed by atoms with van der Waals surface area (Å²) in [6, 6.07) is 0. The van der Waals surface area contributed by atoms with Crippen LogP contribution in [0.4, 0.5) is 0 Å². The SMILES string of the molecule is CC1=CC2(C)OCCCC2C=C1. The summed E-state index contributed by atoms with van der Waals surface area (Å²) in [6.07, 6.45) is 9.25. The smallest absolute Gasteiger partial charge is 0.0902 e. The van der Waals surface area contributed by atoms with Crippen molar-refractivity contribution in [3.05, 3.63) is 23.8 Å². The van der Waals surface area contributed by atoms with Crippen molar-refractivity contribution in [2.45, 2.75) is 32.3 Å². The van der Waals surface area contributed by atoms with Crippen molar-refractivity contribution < 1.29 is 4.74 Å². The van der Waals surface area contributed by atoms with E-state index in [1.807, 2.05) is 0 Å². The normalized spacial score (nSPS) is 40.5. The Kier molecular flexibility index (Phi) is 1.84. The topological polar surface area (TPSA) is 9.23 Å². The van der Waals surface area contributed by atoms with E-state index < -0.39 is 0 Å². The molecular formula is C11H16O. The molecule has 1 aliphatic carbocycles. The van der Waals surface area contributed by atoms with Crippen LogP contribution in [-0.2, 0) is 4.74 Å². The maximum Gasteiger partial charge on any atom is 0.0902 e. The Hall–Kier alpha value is -0.560. The van der Waals surface area contributed by atoms with Crippen LogP contribution in [0.25, 0.3) is 0 Å². The van der Waals surface area contributed by atoms with Crippen molar-refractivity contribution >= 4 is 0 Å². The molecule has 0 bridgehead atoms. The second kappa shape index (κ2) is 2.74. The monoisotopic (exact) mass is 164 g/mol. The van der Waals surface area contributed by atoms with Gasteiger partial charge in [0, 0.05) is 12.5 Å². The van der Waals surface area contributed by atoms with Crippen LogP contribution in [0.1, 0.15) is 26.7 Å². The van der Waals surface area contributed by atoms with E-state index in [4.69, 9.17) is 4.74 Å². The molecule has 0 radical (unpaired) electrons. The second-order valence-electron chi connectivity index (χ2n) is 4.03. The third kappa shape index (κ3) is 1.22. The first-order valence-electron chi connectivity index (χ1n) is 4.72. The molecule has 1 heteroatoms. The van der Waals surface area contributed by atoms with Gasteiger partial charge in [-0.1, -0.05) is 17.7 Å². The van der Waals surface area contributed by atoms with Gasteiger partial charge in [-0.2, -0.15) is 0 Å². The third-order valence-corrected chi connectivity index (χ3v) is 2.91. The van der Waals surface area contributed by atoms with Gasteiger partial charge in [0.05, 0.1) is 5.60 Å². The van der Waals surface area contributed by atoms with Crippen LogP contribution < -0.4 is 0 Å². The molecule has 0 aromatic rings. The van der Waals surface area contributed by atoms with Crippen LogP contribution >= 0.6 is 0 Å². The molecule has 0 N–H and O–H groups in total. The third-order valence-electron chi connectivity index (χ3n) is 2.91. The predicted octanol–water partition coefficient (Wildman–Crippen LogP) is 2.69. The largest absolute Gasteiger partial charge is 0.371 e. The van der Waals surface area contributed by atoms with E-state index in [0.29, 0.717) is 5.92 Å². The van der Waals surface area contributed by atoms with E-state index in [1.54, 1.807) is 0 Å². The van der Waals surface area contributed by atoms with Gasteiger partial charge in [0.25, 0.3) is 0 Å². The molecule has 0 saturated carbocycles. The van der Waals surface area contributed by atoms with Gasteiger partial charge in [-0.05, 0) is 32.8 Å². The Morgan fingerprint density at radius 3 is 3.25 bits per heavy atom. The number of hydrogen-bond acceptors (Lipinski definition) is 1. The van der Waals surface area contributed by atoms with Gasteiger partial charge in [0.2, 0.25) is 0 Å². The summed E-state index contributed by atoms with van der Waals surface area (Å²) in [7, 11) is 0. The van der Waals surface area contributed by atoms with Gasteiger partial charge in [-0.15, -0.1) is 0 Å². The summed E-state index contributed by atoms with van der Waals surface area (Å²) in [5, 5.41) is 0. The molecule has 12 heavy (non-hydrogen) atoms. The van der Waals surface area contributed by atoms with Gasteiger partial charge in [-0.3, -0.25) is 0 Å². The molecule has 1 fully saturated rings. The number of ether oxygens (including phenoxy) is 1. The molecule has 2 rings (SSSR count). The summed E-state index contributed by atoms with van der Waals surface area (Å²) in [5.41, 5.74) is 1.33. The van der Waals surface area contributed by atoms with Gasteiger partial charge in [0.1, 0.15) is 0 Å². The number of allylic oxidation sites excluding steroid dienone is 2. The molecule has 0 spiro atoms. The summed E-state index contributed by atoms with van der Waals surface area (Å²) < 4.78 is 5.81. The fourth-order valence-electron chi connectivity index (χ4n) is 2.19. The Balaban J connectivity index is 2.26. The molecule has 2 atom stereocenters. The predicted molar refractivity (Wildman–Crippen MR) is 50.0 cm³/mol. The molecule has 1 nitrogen and oxygen atoms in total. The first-order chi connectivity index (χ1) is 5.71. The minimum Gasteiger partial charge on any atom is -0.371 e. The minimum atomic E-state index is -0.00289. The highest BCUT2D eigenvalue weighted by Crippen LogP contribution is 2.36. The van der Waals surface area contributed by atoms with E-state index in [1.165, 1.54) is 18.4 Å². The van der Waals surface area contributed by atoms with Crippen molar-refractivity contribution in [2.24, 2.45) is 5.92 Å². The van der Waals surface area contributed by atoms with Crippen LogP contribution in [0, 0.1) is 5.92 Å². The van der Waals surface area contributed by atoms with E-state index in [-0.39, 0.29) is 5.60 Å². The van der Waals surface area contributed by atoms with E-state index in [2.05, 4.69) is 32.1 Å². The van der Waals surface area contributed by atoms with Crippen LogP contribution in [-0.4, -0.2) is 12.2 Å². The Morgan fingerprint density at radius 1 is 1.58 bits per heavy atom. The number of hydrogen-bond donors (Lipinski definition) is 0. The van der Waals surface area contributed by atoms with Crippen molar-refractivity contribution in [3.8, 4) is 0 Å². The fourth-order valence-corrected chi connectivity index (χ4v) is 2.19. The second-order valence-corrected chi connectivity index (χ2v) is 4.03. The van der Waals surface area contributed by atoms with Crippen LogP contribution in [0.2, 0.25) is 0 Å². The van der Waals surface area contributed by atoms with Crippen molar-refractivity contribution in [3.63, 3.8) is 0 Å². The zero-order valence-electron chi connectivity index (χ0n) is 7.84. The lowest BCUT2D eigenvalue weighted by atomic mass is 9.79. The minimum absolute atomic E-state index is 0.00289. The van der Waals surface area contributed by atoms with Crippen LogP contribution in [0.15, 0.2) is 23.8 Å². The van der Waals surface area contributed by atoms with E-state index in [9.17, 15) is 0 Å². The summed E-state index contributed by atoms with van der Waals surface area (Å²) in [4.78, 5) is 0. The number of rotatable bonds is 0. The fraction of sp³-hybridized carbons (Fsp3) is 0.636. The molecule has 0 amide bonds. The van der Waals surface area contributed by atoms with Crippen LogP contribution in [0.5, 0.6) is 0 Å². The first-order valence-corrected chi connectivity index (χ1v) is 4.72. The number of fused-ring (bicyclic) bond motifs is 1. The lowest BCUT2D eigenvalue weighted by molar-refractivity contribution is -0.0587. The summed E-state index contributed by atoms with van der Waals surface area (Å²) >= 11 is 0. The molecule has 66 valence electrons. The molecule has 1 heterocycles. The Labute approximate surface area is 74.1 Å². The van der Waals surface area contributed by atoms with Gasteiger partial charge < -0.3 is 4.74 Å². The lowest BCUT2D eigenvalue weighted by Crippen LogP contribution is -2.40. The first kappa shape index (κ1) is 8.06. The average Bonchev–Trinajstić information content (AvgIpc) is 2.02. The Bertz CT molecular complexity index is 239. The average molecular weight is 164 g/mol. The highest BCUT2D eigenvalue weighted by atomic mass is 16.5. The molecular weight excluding hydrogens is 148 g/mol. The zero-order chi connectivity index (χ0) is 8.60. The summed E-state index contributed by atoms with van der Waals surface area (Å²) in [6.45, 7) is 5.25. The lowest BCUT2D eigenvalue weighted by Gasteiger charge is -2.40. The van der Waals surface area contributed by atoms with Gasteiger partial charge >= 0.3 is 0 Å². The van der Waals surface area contributed by atoms with Gasteiger partial charge in [0.15, 0.2) is 0 Å². The molecule has 0 aromatic heterocycles. The van der Waals surface area contributed by atoms with Crippen molar-refractivity contribution in [1.82, 2.24) is 0 Å². The van der Waals surface area contributed by atoms with Gasteiger partial charge in [-0.25, -0.2) is 0 Å².